The summed E-state index contributed by atoms with van der Waals surface area (Å²) in [6.07, 6.45) is -3.11. The first-order valence-electron chi connectivity index (χ1n) is 6.38. The molecule has 1 atom stereocenters. The van der Waals surface area contributed by atoms with Gasteiger partial charge in [-0.15, -0.1) is 0 Å². The second-order valence-electron chi connectivity index (χ2n) is 4.54. The molecule has 0 aromatic heterocycles. The van der Waals surface area contributed by atoms with E-state index >= 15 is 0 Å². The average molecular weight is 286 g/mol. The van der Waals surface area contributed by atoms with Crippen molar-refractivity contribution < 1.29 is 18.3 Å². The van der Waals surface area contributed by atoms with E-state index < -0.39 is 11.7 Å². The van der Waals surface area contributed by atoms with E-state index in [0.717, 1.165) is 18.6 Å². The number of nitrogens with zero attached hydrogens (tertiary/aromatic N) is 1. The van der Waals surface area contributed by atoms with Crippen LogP contribution < -0.4 is 5.32 Å². The number of hydrogen-bond donors (Lipinski definition) is 2. The normalized spacial score (nSPS) is 12.8. The van der Waals surface area contributed by atoms with Gasteiger partial charge >= 0.3 is 6.18 Å². The van der Waals surface area contributed by atoms with Gasteiger partial charge < -0.3 is 10.4 Å². The quantitative estimate of drug-likeness (QED) is 0.842. The molecule has 0 saturated carbocycles. The largest absolute Gasteiger partial charge is 0.417 e. The number of rotatable bonds is 6. The van der Waals surface area contributed by atoms with Crippen molar-refractivity contribution in [2.75, 3.05) is 18.5 Å². The lowest BCUT2D eigenvalue weighted by Gasteiger charge is -2.16. The van der Waals surface area contributed by atoms with E-state index in [-0.39, 0.29) is 18.1 Å². The van der Waals surface area contributed by atoms with Gasteiger partial charge in [0.05, 0.1) is 17.2 Å². The molecule has 3 nitrogen and oxygen atoms in total. The van der Waals surface area contributed by atoms with Crippen LogP contribution in [-0.2, 0) is 6.18 Å². The number of hydrogen-bond acceptors (Lipinski definition) is 3. The van der Waals surface area contributed by atoms with Crippen molar-refractivity contribution in [1.29, 1.82) is 5.26 Å². The zero-order valence-electron chi connectivity index (χ0n) is 11.2. The number of alkyl halides is 3. The number of nitriles is 1. The molecule has 0 aliphatic rings. The Bertz CT molecular complexity index is 480. The van der Waals surface area contributed by atoms with Crippen molar-refractivity contribution in [3.05, 3.63) is 29.3 Å². The molecule has 0 radical (unpaired) electrons. The van der Waals surface area contributed by atoms with Crippen LogP contribution in [0.4, 0.5) is 18.9 Å². The number of anilines is 1. The Morgan fingerprint density at radius 2 is 2.10 bits per heavy atom. The van der Waals surface area contributed by atoms with Crippen LogP contribution in [0.15, 0.2) is 18.2 Å². The van der Waals surface area contributed by atoms with E-state index in [1.165, 1.54) is 6.07 Å². The Morgan fingerprint density at radius 1 is 1.40 bits per heavy atom. The predicted octanol–water partition coefficient (Wildman–Crippen LogP) is 3.40. The molecular weight excluding hydrogens is 269 g/mol. The van der Waals surface area contributed by atoms with E-state index in [0.29, 0.717) is 18.7 Å². The van der Waals surface area contributed by atoms with Gasteiger partial charge in [0.25, 0.3) is 0 Å². The third kappa shape index (κ3) is 4.42. The van der Waals surface area contributed by atoms with E-state index in [4.69, 9.17) is 10.4 Å². The third-order valence-corrected chi connectivity index (χ3v) is 3.15. The van der Waals surface area contributed by atoms with Gasteiger partial charge in [0.1, 0.15) is 0 Å². The fourth-order valence-electron chi connectivity index (χ4n) is 1.88. The van der Waals surface area contributed by atoms with Gasteiger partial charge in [-0.1, -0.05) is 13.3 Å². The second-order valence-corrected chi connectivity index (χ2v) is 4.54. The molecule has 1 unspecified atom stereocenters. The molecule has 1 aromatic rings. The summed E-state index contributed by atoms with van der Waals surface area (Å²) in [6, 6.07) is 5.12. The second kappa shape index (κ2) is 7.15. The summed E-state index contributed by atoms with van der Waals surface area (Å²) in [5, 5.41) is 20.5. The van der Waals surface area contributed by atoms with Gasteiger partial charge in [-0.2, -0.15) is 18.4 Å². The number of aliphatic hydroxyl groups excluding tert-OH is 1. The van der Waals surface area contributed by atoms with E-state index in [9.17, 15) is 13.2 Å². The minimum Gasteiger partial charge on any atom is -0.396 e. The topological polar surface area (TPSA) is 56.0 Å². The van der Waals surface area contributed by atoms with Crippen molar-refractivity contribution in [2.24, 2.45) is 5.92 Å². The highest BCUT2D eigenvalue weighted by molar-refractivity contribution is 5.53. The summed E-state index contributed by atoms with van der Waals surface area (Å²) in [5.74, 6) is 0.199. The molecule has 0 bridgehead atoms. The molecule has 1 aromatic carbocycles. The van der Waals surface area contributed by atoms with Gasteiger partial charge in [0.2, 0.25) is 0 Å². The Balaban J connectivity index is 2.85. The third-order valence-electron chi connectivity index (χ3n) is 3.15. The highest BCUT2D eigenvalue weighted by Gasteiger charge is 2.33. The maximum Gasteiger partial charge on any atom is 0.417 e. The maximum absolute atomic E-state index is 12.8. The van der Waals surface area contributed by atoms with Crippen LogP contribution in [0.1, 0.15) is 30.9 Å². The van der Waals surface area contributed by atoms with Crippen LogP contribution in [-0.4, -0.2) is 18.3 Å². The van der Waals surface area contributed by atoms with Gasteiger partial charge in [0, 0.05) is 18.8 Å². The lowest BCUT2D eigenvalue weighted by Crippen LogP contribution is -2.16. The molecule has 0 fully saturated rings. The molecule has 0 heterocycles. The van der Waals surface area contributed by atoms with Crippen LogP contribution in [0.25, 0.3) is 0 Å². The van der Waals surface area contributed by atoms with Crippen LogP contribution >= 0.6 is 0 Å². The summed E-state index contributed by atoms with van der Waals surface area (Å²) in [7, 11) is 0. The van der Waals surface area contributed by atoms with Crippen molar-refractivity contribution in [1.82, 2.24) is 0 Å². The predicted molar refractivity (Wildman–Crippen MR) is 70.1 cm³/mol. The summed E-state index contributed by atoms with van der Waals surface area (Å²) in [6.45, 7) is 2.50. The maximum atomic E-state index is 12.8. The Kier molecular flexibility index (Phi) is 5.83. The van der Waals surface area contributed by atoms with Gasteiger partial charge in [-0.3, -0.25) is 0 Å². The van der Waals surface area contributed by atoms with E-state index in [1.54, 1.807) is 6.07 Å². The number of halogens is 3. The number of aliphatic hydroxyl groups is 1. The minimum atomic E-state index is -4.54. The van der Waals surface area contributed by atoms with E-state index in [2.05, 4.69) is 5.32 Å². The van der Waals surface area contributed by atoms with Crippen molar-refractivity contribution >= 4 is 5.69 Å². The van der Waals surface area contributed by atoms with Gasteiger partial charge in [-0.05, 0) is 30.5 Å². The summed E-state index contributed by atoms with van der Waals surface area (Å²) in [4.78, 5) is 0. The Labute approximate surface area is 116 Å². The molecule has 2 N–H and O–H groups in total. The minimum absolute atomic E-state index is 0.0569. The Morgan fingerprint density at radius 3 is 2.60 bits per heavy atom. The van der Waals surface area contributed by atoms with E-state index in [1.807, 2.05) is 6.92 Å². The molecule has 0 amide bonds. The monoisotopic (exact) mass is 286 g/mol. The average Bonchev–Trinajstić information content (AvgIpc) is 2.42. The zero-order valence-corrected chi connectivity index (χ0v) is 11.2. The fraction of sp³-hybridized carbons (Fsp3) is 0.500. The number of benzene rings is 1. The van der Waals surface area contributed by atoms with Gasteiger partial charge in [0.15, 0.2) is 0 Å². The molecule has 0 saturated heterocycles. The standard InChI is InChI=1S/C14H17F3N2O/c1-2-10(5-6-20)9-19-12-4-3-11(8-18)13(7-12)14(15,16)17/h3-4,7,10,19-20H,2,5-6,9H2,1H3. The molecular formula is C14H17F3N2O. The first-order chi connectivity index (χ1) is 9.42. The van der Waals surface area contributed by atoms with Crippen molar-refractivity contribution in [3.8, 4) is 6.07 Å². The highest BCUT2D eigenvalue weighted by atomic mass is 19.4. The van der Waals surface area contributed by atoms with Crippen LogP contribution in [0.3, 0.4) is 0 Å². The molecule has 110 valence electrons. The fourth-order valence-corrected chi connectivity index (χ4v) is 1.88. The van der Waals surface area contributed by atoms with Crippen molar-refractivity contribution in [2.45, 2.75) is 25.9 Å². The zero-order chi connectivity index (χ0) is 15.2. The van der Waals surface area contributed by atoms with Crippen LogP contribution in [0, 0.1) is 17.2 Å². The lowest BCUT2D eigenvalue weighted by molar-refractivity contribution is -0.137. The molecule has 20 heavy (non-hydrogen) atoms. The molecule has 0 aliphatic carbocycles. The first kappa shape index (κ1) is 16.3. The SMILES string of the molecule is CCC(CCO)CNc1ccc(C#N)c(C(F)(F)F)c1. The summed E-state index contributed by atoms with van der Waals surface area (Å²) < 4.78 is 38.4. The smallest absolute Gasteiger partial charge is 0.396 e. The molecule has 0 aliphatic heterocycles. The lowest BCUT2D eigenvalue weighted by atomic mass is 10.0. The first-order valence-corrected chi connectivity index (χ1v) is 6.38. The molecule has 0 spiro atoms. The van der Waals surface area contributed by atoms with Crippen LogP contribution in [0.5, 0.6) is 0 Å². The van der Waals surface area contributed by atoms with Crippen LogP contribution in [0.2, 0.25) is 0 Å². The highest BCUT2D eigenvalue weighted by Crippen LogP contribution is 2.33. The molecule has 6 heteroatoms. The summed E-state index contributed by atoms with van der Waals surface area (Å²) in [5.41, 5.74) is -0.988. The van der Waals surface area contributed by atoms with Crippen molar-refractivity contribution in [3.63, 3.8) is 0 Å². The molecule has 1 rings (SSSR count). The number of nitrogens with one attached hydrogen (secondary N) is 1. The van der Waals surface area contributed by atoms with Gasteiger partial charge in [-0.25, -0.2) is 0 Å². The Hall–Kier alpha value is -1.74. The summed E-state index contributed by atoms with van der Waals surface area (Å²) >= 11 is 0.